The highest BCUT2D eigenvalue weighted by atomic mass is 16.6. The summed E-state index contributed by atoms with van der Waals surface area (Å²) in [6.45, 7) is 1.01. The molecular weight excluding hydrogens is 278 g/mol. The lowest BCUT2D eigenvalue weighted by Gasteiger charge is -2.27. The third-order valence-electron chi connectivity index (χ3n) is 3.89. The van der Waals surface area contributed by atoms with Crippen molar-refractivity contribution in [3.63, 3.8) is 0 Å². The van der Waals surface area contributed by atoms with E-state index in [9.17, 15) is 15.3 Å². The molecular formula is C12H17N5O4. The van der Waals surface area contributed by atoms with Crippen molar-refractivity contribution in [3.05, 3.63) is 18.1 Å². The molecule has 9 heteroatoms. The highest BCUT2D eigenvalue weighted by molar-refractivity contribution is 5.68. The number of aliphatic hydroxyl groups is 3. The summed E-state index contributed by atoms with van der Waals surface area (Å²) in [6.07, 6.45) is -0.208. The third kappa shape index (κ3) is 1.89. The Morgan fingerprint density at radius 2 is 2.14 bits per heavy atom. The number of nitrogens with zero attached hydrogens (tertiary/aromatic N) is 4. The van der Waals surface area contributed by atoms with Crippen LogP contribution in [0.5, 0.6) is 0 Å². The Morgan fingerprint density at radius 1 is 1.43 bits per heavy atom. The molecule has 1 aliphatic rings. The quantitative estimate of drug-likeness (QED) is 0.520. The number of fused-ring (bicyclic) bond motifs is 1. The molecule has 2 aromatic rings. The van der Waals surface area contributed by atoms with E-state index in [0.717, 1.165) is 0 Å². The second kappa shape index (κ2) is 4.60. The van der Waals surface area contributed by atoms with Crippen LogP contribution in [0.25, 0.3) is 11.2 Å². The second-order valence-electron chi connectivity index (χ2n) is 5.41. The first-order valence-electron chi connectivity index (χ1n) is 6.47. The Bertz CT molecular complexity index is 737. The first kappa shape index (κ1) is 14.1. The summed E-state index contributed by atoms with van der Waals surface area (Å²) in [4.78, 5) is 8.32. The maximum absolute atomic E-state index is 10.5. The Labute approximate surface area is 119 Å². The van der Waals surface area contributed by atoms with Gasteiger partial charge in [-0.25, -0.2) is 9.97 Å². The van der Waals surface area contributed by atoms with Crippen molar-refractivity contribution in [1.29, 1.82) is 5.41 Å². The van der Waals surface area contributed by atoms with Gasteiger partial charge >= 0.3 is 0 Å². The largest absolute Gasteiger partial charge is 0.394 e. The number of imidazole rings is 1. The number of aryl methyl sites for hydroxylation is 1. The fourth-order valence-electron chi connectivity index (χ4n) is 2.58. The van der Waals surface area contributed by atoms with Crippen LogP contribution in [-0.4, -0.2) is 58.8 Å². The molecule has 4 N–H and O–H groups in total. The number of hydrogen-bond acceptors (Lipinski definition) is 7. The average Bonchev–Trinajstić information content (AvgIpc) is 2.96. The number of ether oxygens (including phenoxy) is 1. The summed E-state index contributed by atoms with van der Waals surface area (Å²) in [5, 5.41) is 37.6. The monoisotopic (exact) mass is 295 g/mol. The van der Waals surface area contributed by atoms with Crippen LogP contribution in [-0.2, 0) is 11.8 Å². The summed E-state index contributed by atoms with van der Waals surface area (Å²) in [6, 6.07) is 0. The van der Waals surface area contributed by atoms with Gasteiger partial charge < -0.3 is 24.6 Å². The van der Waals surface area contributed by atoms with Crippen molar-refractivity contribution < 1.29 is 20.1 Å². The van der Waals surface area contributed by atoms with Crippen molar-refractivity contribution in [3.8, 4) is 0 Å². The van der Waals surface area contributed by atoms with Gasteiger partial charge in [0.05, 0.1) is 19.3 Å². The predicted molar refractivity (Wildman–Crippen MR) is 70.0 cm³/mol. The second-order valence-corrected chi connectivity index (χ2v) is 5.41. The molecule has 1 fully saturated rings. The van der Waals surface area contributed by atoms with Crippen LogP contribution in [0.4, 0.5) is 0 Å². The van der Waals surface area contributed by atoms with Gasteiger partial charge in [-0.15, -0.1) is 0 Å². The smallest absolute Gasteiger partial charge is 0.168 e. The zero-order valence-corrected chi connectivity index (χ0v) is 11.6. The van der Waals surface area contributed by atoms with Gasteiger partial charge in [0.1, 0.15) is 23.3 Å². The summed E-state index contributed by atoms with van der Waals surface area (Å²) < 4.78 is 8.50. The lowest BCUT2D eigenvalue weighted by Crippen LogP contribution is -2.44. The lowest BCUT2D eigenvalue weighted by atomic mass is 9.96. The van der Waals surface area contributed by atoms with Crippen LogP contribution < -0.4 is 5.49 Å². The molecule has 1 aliphatic heterocycles. The van der Waals surface area contributed by atoms with Crippen LogP contribution in [0.1, 0.15) is 13.2 Å². The minimum absolute atomic E-state index is 0.177. The minimum atomic E-state index is -1.61. The summed E-state index contributed by atoms with van der Waals surface area (Å²) >= 11 is 0. The number of rotatable bonds is 2. The molecule has 0 aliphatic carbocycles. The number of aromatic nitrogens is 4. The molecule has 4 atom stereocenters. The molecule has 114 valence electrons. The molecule has 0 radical (unpaired) electrons. The molecule has 3 rings (SSSR count). The lowest BCUT2D eigenvalue weighted by molar-refractivity contribution is -0.0950. The molecule has 1 saturated heterocycles. The van der Waals surface area contributed by atoms with Crippen LogP contribution >= 0.6 is 0 Å². The summed E-state index contributed by atoms with van der Waals surface area (Å²) in [5.41, 5.74) is -0.700. The van der Waals surface area contributed by atoms with E-state index in [1.807, 2.05) is 0 Å². The van der Waals surface area contributed by atoms with Gasteiger partial charge in [-0.3, -0.25) is 9.98 Å². The molecule has 0 amide bonds. The molecule has 0 saturated carbocycles. The van der Waals surface area contributed by atoms with Gasteiger partial charge in [0.2, 0.25) is 0 Å². The highest BCUT2D eigenvalue weighted by Crippen LogP contribution is 2.38. The minimum Gasteiger partial charge on any atom is -0.394 e. The van der Waals surface area contributed by atoms with Crippen molar-refractivity contribution in [2.45, 2.75) is 31.0 Å². The van der Waals surface area contributed by atoms with Gasteiger partial charge in [0.25, 0.3) is 0 Å². The Balaban J connectivity index is 2.13. The number of aliphatic hydroxyl groups excluding tert-OH is 2. The van der Waals surface area contributed by atoms with Gasteiger partial charge in [-0.2, -0.15) is 0 Å². The molecule has 21 heavy (non-hydrogen) atoms. The molecule has 4 unspecified atom stereocenters. The topological polar surface area (TPSA) is 129 Å². The van der Waals surface area contributed by atoms with Crippen molar-refractivity contribution >= 4 is 11.2 Å². The standard InChI is InChI=1S/C12H17N5O4/c1-12(20)8(19)6(3-18)21-11(12)17-5-14-7-9(13)16(2)4-15-10(7)17/h4-6,8,11,13,18-20H,3H2,1-2H3. The zero-order valence-electron chi connectivity index (χ0n) is 11.6. The van der Waals surface area contributed by atoms with E-state index in [1.54, 1.807) is 7.05 Å². The normalized spacial score (nSPS) is 32.9. The molecule has 0 bridgehead atoms. The van der Waals surface area contributed by atoms with E-state index in [-0.39, 0.29) is 5.49 Å². The third-order valence-corrected chi connectivity index (χ3v) is 3.89. The number of hydrogen-bond donors (Lipinski definition) is 4. The van der Waals surface area contributed by atoms with Crippen LogP contribution in [0, 0.1) is 5.41 Å². The first-order chi connectivity index (χ1) is 9.87. The van der Waals surface area contributed by atoms with Gasteiger partial charge in [-0.05, 0) is 6.92 Å². The average molecular weight is 295 g/mol. The fourth-order valence-corrected chi connectivity index (χ4v) is 2.58. The Morgan fingerprint density at radius 3 is 2.76 bits per heavy atom. The van der Waals surface area contributed by atoms with Gasteiger partial charge in [0, 0.05) is 7.05 Å². The van der Waals surface area contributed by atoms with E-state index >= 15 is 0 Å². The summed E-state index contributed by atoms with van der Waals surface area (Å²) in [7, 11) is 1.68. The molecule has 9 nitrogen and oxygen atoms in total. The predicted octanol–water partition coefficient (Wildman–Crippen LogP) is -1.75. The highest BCUT2D eigenvalue weighted by Gasteiger charge is 2.53. The van der Waals surface area contributed by atoms with E-state index < -0.39 is 30.6 Å². The Hall–Kier alpha value is -1.81. The van der Waals surface area contributed by atoms with Crippen LogP contribution in [0.3, 0.4) is 0 Å². The molecule has 0 aromatic carbocycles. The summed E-state index contributed by atoms with van der Waals surface area (Å²) in [5.74, 6) is 0. The zero-order chi connectivity index (χ0) is 15.4. The van der Waals surface area contributed by atoms with E-state index in [4.69, 9.17) is 10.1 Å². The van der Waals surface area contributed by atoms with E-state index in [2.05, 4.69) is 9.97 Å². The molecule has 0 spiro atoms. The van der Waals surface area contributed by atoms with Crippen molar-refractivity contribution in [2.24, 2.45) is 7.05 Å². The van der Waals surface area contributed by atoms with E-state index in [1.165, 1.54) is 28.7 Å². The van der Waals surface area contributed by atoms with E-state index in [0.29, 0.717) is 11.2 Å². The maximum atomic E-state index is 10.5. The fraction of sp³-hybridized carbons (Fsp3) is 0.583. The maximum Gasteiger partial charge on any atom is 0.168 e. The van der Waals surface area contributed by atoms with Crippen LogP contribution in [0.2, 0.25) is 0 Å². The van der Waals surface area contributed by atoms with Gasteiger partial charge in [0.15, 0.2) is 17.4 Å². The van der Waals surface area contributed by atoms with Crippen molar-refractivity contribution in [2.75, 3.05) is 6.61 Å². The van der Waals surface area contributed by atoms with Crippen molar-refractivity contribution in [1.82, 2.24) is 19.1 Å². The number of nitrogens with one attached hydrogen (secondary N) is 1. The SMILES string of the molecule is Cn1cnc2c(ncn2C2OC(CO)C(O)C2(C)O)c1=N. The van der Waals surface area contributed by atoms with Gasteiger partial charge in [-0.1, -0.05) is 0 Å². The first-order valence-corrected chi connectivity index (χ1v) is 6.47. The van der Waals surface area contributed by atoms with Crippen LogP contribution in [0.15, 0.2) is 12.7 Å². The molecule has 3 heterocycles. The molecule has 2 aromatic heterocycles. The Kier molecular flexibility index (Phi) is 3.10.